The quantitative estimate of drug-likeness (QED) is 0.693. The van der Waals surface area contributed by atoms with Crippen LogP contribution >= 0.6 is 0 Å². The first-order valence-corrected chi connectivity index (χ1v) is 11.5. The lowest BCUT2D eigenvalue weighted by atomic mass is 10.1. The van der Waals surface area contributed by atoms with Gasteiger partial charge in [-0.25, -0.2) is 8.42 Å². The Hall–Kier alpha value is -2.71. The molecule has 0 spiro atoms. The number of nitrogens with one attached hydrogen (secondary N) is 1. The van der Waals surface area contributed by atoms with E-state index < -0.39 is 9.84 Å². The zero-order chi connectivity index (χ0) is 20.4. The molecule has 1 aliphatic rings. The molecule has 1 amide bonds. The Morgan fingerprint density at radius 2 is 2.03 bits per heavy atom. The smallest absolute Gasteiger partial charge is 0.274 e. The molecule has 2 heterocycles. The lowest BCUT2D eigenvalue weighted by Gasteiger charge is -2.23. The molecule has 1 fully saturated rings. The predicted molar refractivity (Wildman–Crippen MR) is 111 cm³/mol. The maximum atomic E-state index is 13.2. The zero-order valence-electron chi connectivity index (χ0n) is 16.2. The van der Waals surface area contributed by atoms with Crippen LogP contribution in [-0.4, -0.2) is 43.1 Å². The van der Waals surface area contributed by atoms with Crippen LogP contribution in [0.1, 0.15) is 29.8 Å². The van der Waals surface area contributed by atoms with Crippen LogP contribution in [0.4, 0.5) is 5.69 Å². The number of amides is 1. The monoisotopic (exact) mass is 413 g/mol. The second kappa shape index (κ2) is 7.96. The van der Waals surface area contributed by atoms with Gasteiger partial charge >= 0.3 is 0 Å². The van der Waals surface area contributed by atoms with E-state index in [1.165, 1.54) is 12.1 Å². The largest absolute Gasteiger partial charge is 0.376 e. The van der Waals surface area contributed by atoms with E-state index in [0.717, 1.165) is 43.0 Å². The minimum absolute atomic E-state index is 0.0261. The molecular weight excluding hydrogens is 390 g/mol. The first-order chi connectivity index (χ1) is 13.9. The van der Waals surface area contributed by atoms with Crippen molar-refractivity contribution >= 4 is 32.3 Å². The molecule has 0 radical (unpaired) electrons. The Bertz CT molecular complexity index is 1150. The molecule has 0 bridgehead atoms. The number of anilines is 1. The summed E-state index contributed by atoms with van der Waals surface area (Å²) in [4.78, 5) is 13.3. The van der Waals surface area contributed by atoms with Crippen LogP contribution < -0.4 is 5.32 Å². The Labute approximate surface area is 169 Å². The fraction of sp³-hybridized carbons (Fsp3) is 0.333. The van der Waals surface area contributed by atoms with Crippen molar-refractivity contribution in [1.29, 1.82) is 0 Å². The molecule has 1 aromatic heterocycles. The standard InChI is InChI=1S/C21H23N3O4S/c1-29(26,27)17-9-6-7-15(13-17)22-21(25)20-18-10-2-3-11-19(18)23-24(20)14-16-8-4-5-12-28-16/h2-3,6-7,9-11,13,16H,4-5,8,12,14H2,1H3,(H,22,25). The number of benzene rings is 2. The highest BCUT2D eigenvalue weighted by molar-refractivity contribution is 7.90. The van der Waals surface area contributed by atoms with Crippen LogP contribution in [0, 0.1) is 0 Å². The summed E-state index contributed by atoms with van der Waals surface area (Å²) in [6.45, 7) is 1.23. The molecule has 3 aromatic rings. The highest BCUT2D eigenvalue weighted by Gasteiger charge is 2.22. The lowest BCUT2D eigenvalue weighted by molar-refractivity contribution is 0.00379. The molecule has 1 atom stereocenters. The SMILES string of the molecule is CS(=O)(=O)c1cccc(NC(=O)c2c3ccccc3nn2CC2CCCCO2)c1. The number of hydrogen-bond donors (Lipinski definition) is 1. The first-order valence-electron chi connectivity index (χ1n) is 9.60. The maximum absolute atomic E-state index is 13.2. The van der Waals surface area contributed by atoms with Crippen LogP contribution in [0.5, 0.6) is 0 Å². The predicted octanol–water partition coefficient (Wildman–Crippen LogP) is 3.26. The third-order valence-corrected chi connectivity index (χ3v) is 6.14. The van der Waals surface area contributed by atoms with Gasteiger partial charge in [0, 0.05) is 23.9 Å². The third-order valence-electron chi connectivity index (χ3n) is 5.03. The van der Waals surface area contributed by atoms with Gasteiger partial charge in [0.25, 0.3) is 5.91 Å². The van der Waals surface area contributed by atoms with E-state index in [1.54, 1.807) is 16.8 Å². The summed E-state index contributed by atoms with van der Waals surface area (Å²) < 4.78 is 31.1. The van der Waals surface area contributed by atoms with Gasteiger partial charge < -0.3 is 10.1 Å². The average molecular weight is 413 g/mol. The van der Waals surface area contributed by atoms with Gasteiger partial charge in [0.05, 0.1) is 23.1 Å². The Balaban J connectivity index is 1.67. The molecule has 0 aliphatic carbocycles. The summed E-state index contributed by atoms with van der Waals surface area (Å²) in [6.07, 6.45) is 4.26. The fourth-order valence-electron chi connectivity index (χ4n) is 3.59. The minimum Gasteiger partial charge on any atom is -0.376 e. The minimum atomic E-state index is -3.36. The Morgan fingerprint density at radius 1 is 1.21 bits per heavy atom. The molecule has 152 valence electrons. The van der Waals surface area contributed by atoms with Gasteiger partial charge in [0.1, 0.15) is 5.69 Å². The van der Waals surface area contributed by atoms with Crippen molar-refractivity contribution in [2.45, 2.75) is 36.8 Å². The van der Waals surface area contributed by atoms with Crippen LogP contribution in [-0.2, 0) is 21.1 Å². The van der Waals surface area contributed by atoms with Crippen molar-refractivity contribution in [1.82, 2.24) is 9.78 Å². The molecular formula is C21H23N3O4S. The van der Waals surface area contributed by atoms with Gasteiger partial charge in [-0.1, -0.05) is 24.3 Å². The summed E-state index contributed by atoms with van der Waals surface area (Å²) in [7, 11) is -3.36. The molecule has 4 rings (SSSR count). The van der Waals surface area contributed by atoms with Crippen molar-refractivity contribution in [2.24, 2.45) is 0 Å². The van der Waals surface area contributed by atoms with E-state index in [0.29, 0.717) is 17.9 Å². The molecule has 0 saturated carbocycles. The number of sulfone groups is 1. The number of carbonyl (C=O) groups is 1. The Morgan fingerprint density at radius 3 is 2.79 bits per heavy atom. The Kier molecular flexibility index (Phi) is 5.38. The molecule has 1 saturated heterocycles. The maximum Gasteiger partial charge on any atom is 0.274 e. The number of ether oxygens (including phenoxy) is 1. The van der Waals surface area contributed by atoms with Gasteiger partial charge in [-0.3, -0.25) is 9.48 Å². The van der Waals surface area contributed by atoms with Crippen molar-refractivity contribution < 1.29 is 17.9 Å². The normalized spacial score (nSPS) is 17.3. The summed E-state index contributed by atoms with van der Waals surface area (Å²) in [5.41, 5.74) is 1.60. The summed E-state index contributed by atoms with van der Waals surface area (Å²) in [5, 5.41) is 8.18. The summed E-state index contributed by atoms with van der Waals surface area (Å²) in [6, 6.07) is 13.7. The van der Waals surface area contributed by atoms with Gasteiger partial charge in [-0.2, -0.15) is 5.10 Å². The zero-order valence-corrected chi connectivity index (χ0v) is 17.0. The fourth-order valence-corrected chi connectivity index (χ4v) is 4.26. The number of nitrogens with zero attached hydrogens (tertiary/aromatic N) is 2. The topological polar surface area (TPSA) is 90.3 Å². The first kappa shape index (κ1) is 19.6. The summed E-state index contributed by atoms with van der Waals surface area (Å²) >= 11 is 0. The number of hydrogen-bond acceptors (Lipinski definition) is 5. The van der Waals surface area contributed by atoms with Gasteiger partial charge in [0.2, 0.25) is 0 Å². The van der Waals surface area contributed by atoms with E-state index in [9.17, 15) is 13.2 Å². The molecule has 1 unspecified atom stereocenters. The van der Waals surface area contributed by atoms with Gasteiger partial charge in [-0.05, 0) is 43.5 Å². The summed E-state index contributed by atoms with van der Waals surface area (Å²) in [5.74, 6) is -0.333. The molecule has 2 aromatic carbocycles. The van der Waals surface area contributed by atoms with Crippen molar-refractivity contribution in [3.63, 3.8) is 0 Å². The van der Waals surface area contributed by atoms with E-state index >= 15 is 0 Å². The molecule has 1 N–H and O–H groups in total. The van der Waals surface area contributed by atoms with E-state index in [1.807, 2.05) is 24.3 Å². The van der Waals surface area contributed by atoms with Gasteiger partial charge in [0.15, 0.2) is 9.84 Å². The van der Waals surface area contributed by atoms with Crippen LogP contribution in [0.25, 0.3) is 10.9 Å². The van der Waals surface area contributed by atoms with Crippen LogP contribution in [0.2, 0.25) is 0 Å². The number of rotatable bonds is 5. The van der Waals surface area contributed by atoms with E-state index in [-0.39, 0.29) is 16.9 Å². The van der Waals surface area contributed by atoms with Crippen LogP contribution in [0.15, 0.2) is 53.4 Å². The second-order valence-electron chi connectivity index (χ2n) is 7.29. The van der Waals surface area contributed by atoms with E-state index in [2.05, 4.69) is 10.4 Å². The van der Waals surface area contributed by atoms with E-state index in [4.69, 9.17) is 4.74 Å². The highest BCUT2D eigenvalue weighted by Crippen LogP contribution is 2.23. The lowest BCUT2D eigenvalue weighted by Crippen LogP contribution is -2.27. The number of aromatic nitrogens is 2. The van der Waals surface area contributed by atoms with Crippen molar-refractivity contribution in [3.8, 4) is 0 Å². The third kappa shape index (κ3) is 4.33. The highest BCUT2D eigenvalue weighted by atomic mass is 32.2. The molecule has 29 heavy (non-hydrogen) atoms. The number of carbonyl (C=O) groups excluding carboxylic acids is 1. The van der Waals surface area contributed by atoms with Crippen molar-refractivity contribution in [3.05, 3.63) is 54.2 Å². The molecule has 1 aliphatic heterocycles. The molecule has 8 heteroatoms. The molecule has 7 nitrogen and oxygen atoms in total. The van der Waals surface area contributed by atoms with Gasteiger partial charge in [-0.15, -0.1) is 0 Å². The average Bonchev–Trinajstić information content (AvgIpc) is 3.06. The van der Waals surface area contributed by atoms with Crippen LogP contribution in [0.3, 0.4) is 0 Å². The number of fused-ring (bicyclic) bond motifs is 1. The second-order valence-corrected chi connectivity index (χ2v) is 9.31. The van der Waals surface area contributed by atoms with Crippen molar-refractivity contribution in [2.75, 3.05) is 18.2 Å².